The summed E-state index contributed by atoms with van der Waals surface area (Å²) < 4.78 is 0. The molecule has 0 aliphatic carbocycles. The summed E-state index contributed by atoms with van der Waals surface area (Å²) in [7, 11) is 0. The van der Waals surface area contributed by atoms with Crippen LogP contribution in [0.2, 0.25) is 0 Å². The Labute approximate surface area is 110 Å². The fraction of sp³-hybridized carbons (Fsp3) is 0.333. The van der Waals surface area contributed by atoms with Crippen LogP contribution in [-0.2, 0) is 6.42 Å². The van der Waals surface area contributed by atoms with E-state index in [0.717, 1.165) is 30.6 Å². The van der Waals surface area contributed by atoms with Crippen LogP contribution >= 0.6 is 0 Å². The number of aryl methyl sites for hydroxylation is 2. The van der Waals surface area contributed by atoms with Crippen molar-refractivity contribution in [2.24, 2.45) is 0 Å². The molecule has 7 nitrogen and oxygen atoms in total. The third kappa shape index (κ3) is 3.51. The summed E-state index contributed by atoms with van der Waals surface area (Å²) in [6.07, 6.45) is 4.83. The van der Waals surface area contributed by atoms with Gasteiger partial charge in [-0.05, 0) is 31.4 Å². The van der Waals surface area contributed by atoms with E-state index in [-0.39, 0.29) is 5.69 Å². The molecule has 0 spiro atoms. The topological polar surface area (TPSA) is 96.7 Å². The lowest BCUT2D eigenvalue weighted by Gasteiger charge is -2.07. The SMILES string of the molecule is Cc1cc([N+](=O)[O-])cnc1NCCCc1ccn[nH]1. The van der Waals surface area contributed by atoms with E-state index < -0.39 is 4.92 Å². The van der Waals surface area contributed by atoms with Crippen molar-refractivity contribution >= 4 is 11.5 Å². The van der Waals surface area contributed by atoms with Gasteiger partial charge in [-0.15, -0.1) is 0 Å². The van der Waals surface area contributed by atoms with Crippen molar-refractivity contribution in [3.05, 3.63) is 45.9 Å². The number of aromatic nitrogens is 3. The highest BCUT2D eigenvalue weighted by molar-refractivity contribution is 5.48. The number of H-pyrrole nitrogens is 1. The van der Waals surface area contributed by atoms with Crippen molar-refractivity contribution in [3.63, 3.8) is 0 Å². The van der Waals surface area contributed by atoms with Crippen LogP contribution < -0.4 is 5.32 Å². The summed E-state index contributed by atoms with van der Waals surface area (Å²) in [5.41, 5.74) is 1.88. The van der Waals surface area contributed by atoms with Crippen molar-refractivity contribution in [2.75, 3.05) is 11.9 Å². The van der Waals surface area contributed by atoms with Crippen LogP contribution in [0.15, 0.2) is 24.5 Å². The predicted molar refractivity (Wildman–Crippen MR) is 71.0 cm³/mol. The standard InChI is InChI=1S/C12H15N5O2/c1-9-7-11(17(18)19)8-14-12(9)13-5-2-3-10-4-6-15-16-10/h4,6-8H,2-3,5H2,1H3,(H,13,14)(H,15,16). The molecule has 2 rings (SSSR count). The second-order valence-electron chi connectivity index (χ2n) is 4.23. The normalized spacial score (nSPS) is 10.4. The minimum absolute atomic E-state index is 0.0144. The first-order valence-electron chi connectivity index (χ1n) is 6.00. The number of nitro groups is 1. The zero-order valence-corrected chi connectivity index (χ0v) is 10.6. The van der Waals surface area contributed by atoms with Crippen LogP contribution in [0.1, 0.15) is 17.7 Å². The molecule has 0 saturated carbocycles. The van der Waals surface area contributed by atoms with E-state index in [1.807, 2.05) is 6.07 Å². The number of pyridine rings is 1. The first-order chi connectivity index (χ1) is 9.16. The fourth-order valence-electron chi connectivity index (χ4n) is 1.75. The maximum atomic E-state index is 10.6. The Bertz CT molecular complexity index is 553. The first kappa shape index (κ1) is 13.0. The molecule has 19 heavy (non-hydrogen) atoms. The van der Waals surface area contributed by atoms with Crippen molar-refractivity contribution < 1.29 is 4.92 Å². The third-order valence-corrected chi connectivity index (χ3v) is 2.75. The van der Waals surface area contributed by atoms with Crippen molar-refractivity contribution in [2.45, 2.75) is 19.8 Å². The Morgan fingerprint density at radius 3 is 3.00 bits per heavy atom. The van der Waals surface area contributed by atoms with Gasteiger partial charge in [-0.3, -0.25) is 15.2 Å². The van der Waals surface area contributed by atoms with E-state index in [2.05, 4.69) is 20.5 Å². The molecule has 0 fully saturated rings. The van der Waals surface area contributed by atoms with Crippen LogP contribution in [0.5, 0.6) is 0 Å². The number of nitrogens with one attached hydrogen (secondary N) is 2. The molecule has 0 bridgehead atoms. The van der Waals surface area contributed by atoms with Crippen LogP contribution in [-0.4, -0.2) is 26.6 Å². The van der Waals surface area contributed by atoms with Gasteiger partial charge in [0.1, 0.15) is 12.0 Å². The Kier molecular flexibility index (Phi) is 4.07. The maximum absolute atomic E-state index is 10.6. The molecule has 0 atom stereocenters. The van der Waals surface area contributed by atoms with E-state index >= 15 is 0 Å². The maximum Gasteiger partial charge on any atom is 0.287 e. The lowest BCUT2D eigenvalue weighted by atomic mass is 10.2. The summed E-state index contributed by atoms with van der Waals surface area (Å²) in [5, 5.41) is 20.5. The molecule has 0 aliphatic heterocycles. The van der Waals surface area contributed by atoms with Gasteiger partial charge in [-0.25, -0.2) is 4.98 Å². The van der Waals surface area contributed by atoms with Crippen LogP contribution in [0, 0.1) is 17.0 Å². The van der Waals surface area contributed by atoms with Crippen molar-refractivity contribution in [1.29, 1.82) is 0 Å². The summed E-state index contributed by atoms with van der Waals surface area (Å²) in [5.74, 6) is 0.690. The molecule has 0 unspecified atom stereocenters. The second kappa shape index (κ2) is 5.94. The molecule has 2 aromatic rings. The molecule has 2 heterocycles. The van der Waals surface area contributed by atoms with Gasteiger partial charge in [0, 0.05) is 24.5 Å². The first-order valence-corrected chi connectivity index (χ1v) is 6.00. The molecular formula is C12H15N5O2. The Morgan fingerprint density at radius 1 is 1.53 bits per heavy atom. The smallest absolute Gasteiger partial charge is 0.287 e. The minimum Gasteiger partial charge on any atom is -0.370 e. The highest BCUT2D eigenvalue weighted by atomic mass is 16.6. The molecule has 0 amide bonds. The number of rotatable bonds is 6. The molecule has 100 valence electrons. The fourth-order valence-corrected chi connectivity index (χ4v) is 1.75. The van der Waals surface area contributed by atoms with Gasteiger partial charge in [0.15, 0.2) is 0 Å². The average molecular weight is 261 g/mol. The van der Waals surface area contributed by atoms with E-state index in [1.54, 1.807) is 13.1 Å². The van der Waals surface area contributed by atoms with E-state index in [1.165, 1.54) is 12.3 Å². The zero-order chi connectivity index (χ0) is 13.7. The van der Waals surface area contributed by atoms with Crippen LogP contribution in [0.3, 0.4) is 0 Å². The Hall–Kier alpha value is -2.44. The van der Waals surface area contributed by atoms with Gasteiger partial charge in [0.2, 0.25) is 0 Å². The number of anilines is 1. The number of nitrogens with zero attached hydrogens (tertiary/aromatic N) is 3. The predicted octanol–water partition coefficient (Wildman–Crippen LogP) is 2.07. The van der Waals surface area contributed by atoms with E-state index in [9.17, 15) is 10.1 Å². The molecule has 7 heteroatoms. The molecule has 2 N–H and O–H groups in total. The Morgan fingerprint density at radius 2 is 2.37 bits per heavy atom. The highest BCUT2D eigenvalue weighted by Crippen LogP contribution is 2.17. The van der Waals surface area contributed by atoms with Crippen LogP contribution in [0.4, 0.5) is 11.5 Å². The third-order valence-electron chi connectivity index (χ3n) is 2.75. The quantitative estimate of drug-likeness (QED) is 0.471. The number of aromatic amines is 1. The van der Waals surface area contributed by atoms with Gasteiger partial charge in [-0.2, -0.15) is 5.10 Å². The van der Waals surface area contributed by atoms with Crippen LogP contribution in [0.25, 0.3) is 0 Å². The summed E-state index contributed by atoms with van der Waals surface area (Å²) in [6.45, 7) is 2.56. The van der Waals surface area contributed by atoms with Gasteiger partial charge in [0.25, 0.3) is 5.69 Å². The molecule has 0 radical (unpaired) electrons. The Balaban J connectivity index is 1.84. The lowest BCUT2D eigenvalue weighted by Crippen LogP contribution is -2.06. The molecule has 2 aromatic heterocycles. The summed E-state index contributed by atoms with van der Waals surface area (Å²) >= 11 is 0. The van der Waals surface area contributed by atoms with Crippen molar-refractivity contribution in [1.82, 2.24) is 15.2 Å². The summed E-state index contributed by atoms with van der Waals surface area (Å²) in [4.78, 5) is 14.2. The van der Waals surface area contributed by atoms with Gasteiger partial charge in [0.05, 0.1) is 4.92 Å². The molecule has 0 saturated heterocycles. The van der Waals surface area contributed by atoms with Gasteiger partial charge in [-0.1, -0.05) is 0 Å². The van der Waals surface area contributed by atoms with Crippen molar-refractivity contribution in [3.8, 4) is 0 Å². The summed E-state index contributed by atoms with van der Waals surface area (Å²) in [6, 6.07) is 3.46. The zero-order valence-electron chi connectivity index (χ0n) is 10.6. The molecule has 0 aromatic carbocycles. The monoisotopic (exact) mass is 261 g/mol. The second-order valence-corrected chi connectivity index (χ2v) is 4.23. The number of hydrogen-bond acceptors (Lipinski definition) is 5. The van der Waals surface area contributed by atoms with Gasteiger partial charge >= 0.3 is 0 Å². The minimum atomic E-state index is -0.442. The van der Waals surface area contributed by atoms with Gasteiger partial charge < -0.3 is 5.32 Å². The average Bonchev–Trinajstić information content (AvgIpc) is 2.89. The lowest BCUT2D eigenvalue weighted by molar-refractivity contribution is -0.385. The largest absolute Gasteiger partial charge is 0.370 e. The van der Waals surface area contributed by atoms with E-state index in [4.69, 9.17) is 0 Å². The number of hydrogen-bond donors (Lipinski definition) is 2. The van der Waals surface area contributed by atoms with E-state index in [0.29, 0.717) is 5.82 Å². The molecule has 0 aliphatic rings. The highest BCUT2D eigenvalue weighted by Gasteiger charge is 2.08. The molecular weight excluding hydrogens is 246 g/mol.